The van der Waals surface area contributed by atoms with Crippen molar-refractivity contribution in [1.82, 2.24) is 0 Å². The number of hydrogen-bond acceptors (Lipinski definition) is 4. The summed E-state index contributed by atoms with van der Waals surface area (Å²) in [7, 11) is 0. The van der Waals surface area contributed by atoms with E-state index in [4.69, 9.17) is 32.7 Å². The fourth-order valence-electron chi connectivity index (χ4n) is 2.83. The maximum absolute atomic E-state index is 12.7. The lowest BCUT2D eigenvalue weighted by Crippen LogP contribution is -2.10. The van der Waals surface area contributed by atoms with E-state index in [0.717, 1.165) is 12.8 Å². The predicted molar refractivity (Wildman–Crippen MR) is 98.9 cm³/mol. The number of ether oxygens (including phenoxy) is 2. The summed E-state index contributed by atoms with van der Waals surface area (Å²) < 4.78 is 11.1. The molecule has 0 saturated heterocycles. The molecule has 1 aliphatic carbocycles. The topological polar surface area (TPSA) is 52.6 Å². The van der Waals surface area contributed by atoms with Crippen molar-refractivity contribution in [3.8, 4) is 11.5 Å². The van der Waals surface area contributed by atoms with Crippen molar-refractivity contribution in [2.24, 2.45) is 5.92 Å². The number of ketones is 1. The Morgan fingerprint density at radius 1 is 1.23 bits per heavy atom. The van der Waals surface area contributed by atoms with Gasteiger partial charge in [-0.15, -0.1) is 0 Å². The minimum atomic E-state index is -0.256. The van der Waals surface area contributed by atoms with Crippen molar-refractivity contribution in [1.29, 1.82) is 0 Å². The van der Waals surface area contributed by atoms with Gasteiger partial charge in [-0.3, -0.25) is 9.59 Å². The lowest BCUT2D eigenvalue weighted by Gasteiger charge is -2.07. The molecule has 2 aliphatic rings. The minimum Gasteiger partial charge on any atom is -0.452 e. The molecule has 1 heterocycles. The zero-order valence-corrected chi connectivity index (χ0v) is 15.4. The van der Waals surface area contributed by atoms with Crippen LogP contribution in [0.15, 0.2) is 36.1 Å². The summed E-state index contributed by atoms with van der Waals surface area (Å²) in [6.07, 6.45) is 3.26. The predicted octanol–water partition coefficient (Wildman–Crippen LogP) is 5.23. The van der Waals surface area contributed by atoms with Crippen LogP contribution in [-0.4, -0.2) is 11.8 Å². The van der Waals surface area contributed by atoms with Crippen LogP contribution in [0.3, 0.4) is 0 Å². The number of fused-ring (bicyclic) bond motifs is 1. The summed E-state index contributed by atoms with van der Waals surface area (Å²) in [5.74, 6) is 0.361. The molecule has 0 aromatic heterocycles. The standard InChI is InChI=1S/C20H14Cl2O4/c1-10-7-12(25-20(24)11-5-6-11)8-16-18(10)19(23)17(26-16)9-13-14(21)3-2-4-15(13)22/h2-4,7-9,11H,5-6H2,1H3/b17-9-. The van der Waals surface area contributed by atoms with Crippen LogP contribution in [0.25, 0.3) is 6.08 Å². The van der Waals surface area contributed by atoms with E-state index < -0.39 is 0 Å². The fraction of sp³-hybridized carbons (Fsp3) is 0.200. The highest BCUT2D eigenvalue weighted by molar-refractivity contribution is 6.37. The lowest BCUT2D eigenvalue weighted by atomic mass is 10.0. The van der Waals surface area contributed by atoms with Gasteiger partial charge in [-0.1, -0.05) is 29.3 Å². The van der Waals surface area contributed by atoms with Crippen LogP contribution in [0, 0.1) is 12.8 Å². The van der Waals surface area contributed by atoms with Gasteiger partial charge in [-0.05, 0) is 49.6 Å². The number of hydrogen-bond donors (Lipinski definition) is 0. The molecular weight excluding hydrogens is 375 g/mol. The second-order valence-corrected chi connectivity index (χ2v) is 7.20. The average molecular weight is 389 g/mol. The molecule has 26 heavy (non-hydrogen) atoms. The first-order valence-electron chi connectivity index (χ1n) is 8.18. The summed E-state index contributed by atoms with van der Waals surface area (Å²) in [6, 6.07) is 8.34. The molecule has 1 aliphatic heterocycles. The molecule has 4 nitrogen and oxygen atoms in total. The maximum atomic E-state index is 12.7. The van der Waals surface area contributed by atoms with Crippen LogP contribution in [0.4, 0.5) is 0 Å². The minimum absolute atomic E-state index is 0.0102. The molecular formula is C20H14Cl2O4. The van der Waals surface area contributed by atoms with Gasteiger partial charge in [0.05, 0.1) is 11.5 Å². The summed E-state index contributed by atoms with van der Waals surface area (Å²) >= 11 is 12.3. The zero-order chi connectivity index (χ0) is 18.4. The summed E-state index contributed by atoms with van der Waals surface area (Å²) in [4.78, 5) is 24.6. The molecule has 1 saturated carbocycles. The quantitative estimate of drug-likeness (QED) is 0.410. The van der Waals surface area contributed by atoms with Gasteiger partial charge < -0.3 is 9.47 Å². The highest BCUT2D eigenvalue weighted by atomic mass is 35.5. The van der Waals surface area contributed by atoms with Crippen LogP contribution in [0.5, 0.6) is 11.5 Å². The van der Waals surface area contributed by atoms with Gasteiger partial charge in [0.2, 0.25) is 5.78 Å². The average Bonchev–Trinajstić information content (AvgIpc) is 3.37. The van der Waals surface area contributed by atoms with E-state index in [1.807, 2.05) is 0 Å². The van der Waals surface area contributed by atoms with Gasteiger partial charge in [0, 0.05) is 21.7 Å². The maximum Gasteiger partial charge on any atom is 0.314 e. The normalized spacial score (nSPS) is 17.2. The smallest absolute Gasteiger partial charge is 0.314 e. The van der Waals surface area contributed by atoms with E-state index in [2.05, 4.69) is 0 Å². The number of rotatable bonds is 3. The van der Waals surface area contributed by atoms with Gasteiger partial charge in [0.25, 0.3) is 0 Å². The van der Waals surface area contributed by atoms with E-state index in [1.54, 1.807) is 37.3 Å². The molecule has 4 rings (SSSR count). The summed E-state index contributed by atoms with van der Waals surface area (Å²) in [6.45, 7) is 1.78. The van der Waals surface area contributed by atoms with Gasteiger partial charge >= 0.3 is 5.97 Å². The molecule has 1 fully saturated rings. The number of carbonyl (C=O) groups is 2. The van der Waals surface area contributed by atoms with Crippen molar-refractivity contribution >= 4 is 41.0 Å². The summed E-state index contributed by atoms with van der Waals surface area (Å²) in [5, 5.41) is 0.848. The molecule has 0 amide bonds. The number of carbonyl (C=O) groups excluding carboxylic acids is 2. The molecule has 6 heteroatoms. The molecule has 0 unspecified atom stereocenters. The number of aryl methyl sites for hydroxylation is 1. The fourth-order valence-corrected chi connectivity index (χ4v) is 3.34. The first-order valence-corrected chi connectivity index (χ1v) is 8.94. The van der Waals surface area contributed by atoms with Crippen molar-refractivity contribution in [2.45, 2.75) is 19.8 Å². The molecule has 132 valence electrons. The van der Waals surface area contributed by atoms with E-state index in [-0.39, 0.29) is 23.4 Å². The van der Waals surface area contributed by atoms with E-state index in [9.17, 15) is 9.59 Å². The first-order chi connectivity index (χ1) is 12.4. The van der Waals surface area contributed by atoms with Gasteiger partial charge in [0.15, 0.2) is 5.76 Å². The van der Waals surface area contributed by atoms with E-state index in [1.165, 1.54) is 6.08 Å². The number of esters is 1. The summed E-state index contributed by atoms with van der Waals surface area (Å²) in [5.41, 5.74) is 1.65. The third-order valence-electron chi connectivity index (χ3n) is 4.35. The second kappa shape index (κ2) is 6.45. The number of benzene rings is 2. The Hall–Kier alpha value is -2.30. The molecule has 0 N–H and O–H groups in total. The van der Waals surface area contributed by atoms with Crippen molar-refractivity contribution < 1.29 is 19.1 Å². The zero-order valence-electron chi connectivity index (χ0n) is 13.8. The number of allylic oxidation sites excluding steroid dienone is 1. The molecule has 0 radical (unpaired) electrons. The van der Waals surface area contributed by atoms with Crippen molar-refractivity contribution in [2.75, 3.05) is 0 Å². The second-order valence-electron chi connectivity index (χ2n) is 6.38. The Morgan fingerprint density at radius 2 is 1.92 bits per heavy atom. The van der Waals surface area contributed by atoms with Gasteiger partial charge in [0.1, 0.15) is 11.5 Å². The van der Waals surface area contributed by atoms with Crippen LogP contribution in [0.2, 0.25) is 10.0 Å². The van der Waals surface area contributed by atoms with Gasteiger partial charge in [-0.2, -0.15) is 0 Å². The van der Waals surface area contributed by atoms with Crippen molar-refractivity contribution in [3.63, 3.8) is 0 Å². The number of halogens is 2. The van der Waals surface area contributed by atoms with Crippen LogP contribution in [0.1, 0.15) is 34.3 Å². The molecule has 0 spiro atoms. The lowest BCUT2D eigenvalue weighted by molar-refractivity contribution is -0.135. The highest BCUT2D eigenvalue weighted by Crippen LogP contribution is 2.39. The van der Waals surface area contributed by atoms with Crippen LogP contribution in [-0.2, 0) is 4.79 Å². The largest absolute Gasteiger partial charge is 0.452 e. The van der Waals surface area contributed by atoms with Crippen molar-refractivity contribution in [3.05, 3.63) is 62.8 Å². The highest BCUT2D eigenvalue weighted by Gasteiger charge is 2.33. The van der Waals surface area contributed by atoms with Gasteiger partial charge in [-0.25, -0.2) is 0 Å². The molecule has 2 aromatic rings. The molecule has 0 bridgehead atoms. The Bertz CT molecular complexity index is 954. The van der Waals surface area contributed by atoms with E-state index >= 15 is 0 Å². The Balaban J connectivity index is 1.67. The Labute approximate surface area is 160 Å². The number of Topliss-reactive ketones (excluding diaryl/α,β-unsaturated/α-hetero) is 1. The third kappa shape index (κ3) is 3.11. The molecule has 2 aromatic carbocycles. The van der Waals surface area contributed by atoms with E-state index in [0.29, 0.717) is 38.2 Å². The first kappa shape index (κ1) is 17.1. The molecule has 0 atom stereocenters. The van der Waals surface area contributed by atoms with Crippen LogP contribution >= 0.6 is 23.2 Å². The SMILES string of the molecule is Cc1cc(OC(=O)C2CC2)cc2c1C(=O)/C(=C/c1c(Cl)cccc1Cl)O2. The Morgan fingerprint density at radius 3 is 2.58 bits per heavy atom. The third-order valence-corrected chi connectivity index (χ3v) is 5.01. The monoisotopic (exact) mass is 388 g/mol. The Kier molecular flexibility index (Phi) is 4.25. The van der Waals surface area contributed by atoms with Crippen LogP contribution < -0.4 is 9.47 Å².